The number of hydrogen-bond acceptors (Lipinski definition) is 36. The largest absolute Gasteiger partial charge is 0.493 e. The van der Waals surface area contributed by atoms with Crippen molar-refractivity contribution < 1.29 is 172 Å². The minimum atomic E-state index is -0.00226. The molecule has 0 unspecified atom stereocenters. The van der Waals surface area contributed by atoms with Crippen LogP contribution >= 0.6 is 0 Å². The topological polar surface area (TPSA) is 376 Å². The van der Waals surface area contributed by atoms with E-state index in [0.717, 1.165) is 47.9 Å². The second-order valence-corrected chi connectivity index (χ2v) is 28.3. The maximum Gasteiger partial charge on any atom is 0.203 e. The fourth-order valence-corrected chi connectivity index (χ4v) is 13.3. The number of aliphatic hydroxyl groups excluding tert-OH is 4. The van der Waals surface area contributed by atoms with Crippen LogP contribution in [-0.2, 0) is 120 Å². The first-order valence-corrected chi connectivity index (χ1v) is 44.1. The molecule has 0 aliphatic carbocycles. The van der Waals surface area contributed by atoms with Crippen LogP contribution in [0, 0.1) is 23.7 Å². The number of benzene rings is 4. The Bertz CT molecular complexity index is 2910. The van der Waals surface area contributed by atoms with Crippen molar-refractivity contribution in [2.75, 3.05) is 376 Å². The van der Waals surface area contributed by atoms with E-state index in [0.29, 0.717) is 359 Å². The molecule has 4 aromatic carbocycles. The van der Waals surface area contributed by atoms with Crippen molar-refractivity contribution in [3.8, 4) is 69.0 Å². The van der Waals surface area contributed by atoms with Crippen LogP contribution in [0.25, 0.3) is 0 Å². The van der Waals surface area contributed by atoms with Crippen molar-refractivity contribution >= 4 is 0 Å². The highest BCUT2D eigenvalue weighted by molar-refractivity contribution is 5.57. The Hall–Kier alpha value is -6.48. The smallest absolute Gasteiger partial charge is 0.203 e. The molecule has 4 N–H and O–H groups in total. The van der Waals surface area contributed by atoms with E-state index in [4.69, 9.17) is 172 Å². The van der Waals surface area contributed by atoms with Crippen molar-refractivity contribution in [2.24, 2.45) is 23.7 Å². The van der Waals surface area contributed by atoms with Gasteiger partial charge >= 0.3 is 0 Å². The molecule has 0 aliphatic rings. The molecule has 0 spiro atoms. The fraction of sp³-hybridized carbons (Fsp3) is 0.739. The van der Waals surface area contributed by atoms with E-state index in [1.165, 1.54) is 0 Å². The molecule has 0 bridgehead atoms. The summed E-state index contributed by atoms with van der Waals surface area (Å²) in [4.78, 5) is 0. The van der Waals surface area contributed by atoms with E-state index in [1.807, 2.05) is 48.5 Å². The molecular weight excluding hydrogens is 1680 g/mol. The van der Waals surface area contributed by atoms with E-state index >= 15 is 0 Å². The molecule has 4 atom stereocenters. The number of aliphatic hydroxyl groups is 4. The monoisotopic (exact) mass is 1840 g/mol. The van der Waals surface area contributed by atoms with Gasteiger partial charge in [-0.3, -0.25) is 0 Å². The average molecular weight is 1840 g/mol. The van der Waals surface area contributed by atoms with Crippen LogP contribution in [0.2, 0.25) is 0 Å². The highest BCUT2D eigenvalue weighted by Crippen LogP contribution is 2.44. The van der Waals surface area contributed by atoms with Crippen LogP contribution in [0.1, 0.15) is 47.9 Å². The number of rotatable bonds is 90. The Labute approximate surface area is 759 Å². The van der Waals surface area contributed by atoms with Gasteiger partial charge in [0.2, 0.25) is 23.0 Å². The molecule has 36 nitrogen and oxygen atoms in total. The van der Waals surface area contributed by atoms with Crippen molar-refractivity contribution in [2.45, 2.75) is 51.4 Å². The molecular formula is C92H156O36. The highest BCUT2D eigenvalue weighted by Gasteiger charge is 2.29. The zero-order chi connectivity index (χ0) is 92.6. The van der Waals surface area contributed by atoms with Gasteiger partial charge in [0.15, 0.2) is 46.0 Å². The third kappa shape index (κ3) is 53.3. The van der Waals surface area contributed by atoms with Gasteiger partial charge in [-0.25, -0.2) is 0 Å². The lowest BCUT2D eigenvalue weighted by atomic mass is 9.80. The van der Waals surface area contributed by atoms with Crippen molar-refractivity contribution in [3.05, 3.63) is 70.8 Å². The summed E-state index contributed by atoms with van der Waals surface area (Å²) in [7, 11) is 19.3. The summed E-state index contributed by atoms with van der Waals surface area (Å²) in [6.45, 7) is 17.6. The van der Waals surface area contributed by atoms with E-state index in [1.54, 1.807) is 85.3 Å². The fourth-order valence-electron chi connectivity index (χ4n) is 13.3. The van der Waals surface area contributed by atoms with Gasteiger partial charge in [-0.05, 0) is 146 Å². The molecule has 0 heterocycles. The van der Waals surface area contributed by atoms with Gasteiger partial charge in [0.25, 0.3) is 0 Å². The standard InChI is InChI=1S/2C46H78O18/c2*1-49-41-32-37(33-42(50-2)45(41)53-5)30-39(8-7-11-55-14-17-58-20-23-61-24-21-59-18-15-56-12-9-47)40(31-38-34-43(51-3)46(54-6)44(35-38)52-4)36-64-29-28-63-27-26-62-25-22-60-19-16-57-13-10-48/h2*32-35,39-40,47-48H,7-31,36H2,1-6H3/t2*39-,40+/m10/s1. The lowest BCUT2D eigenvalue weighted by Crippen LogP contribution is -2.26. The van der Waals surface area contributed by atoms with E-state index in [-0.39, 0.29) is 50.1 Å². The van der Waals surface area contributed by atoms with Crippen LogP contribution < -0.4 is 56.8 Å². The maximum absolute atomic E-state index is 8.76. The molecule has 0 aliphatic heterocycles. The van der Waals surface area contributed by atoms with Crippen molar-refractivity contribution in [3.63, 3.8) is 0 Å². The lowest BCUT2D eigenvalue weighted by Gasteiger charge is -2.29. The van der Waals surface area contributed by atoms with Crippen LogP contribution in [0.3, 0.4) is 0 Å². The van der Waals surface area contributed by atoms with Gasteiger partial charge in [-0.1, -0.05) is 0 Å². The first kappa shape index (κ1) is 116. The summed E-state index contributed by atoms with van der Waals surface area (Å²) in [5, 5.41) is 35.0. The molecule has 0 saturated carbocycles. The van der Waals surface area contributed by atoms with Gasteiger partial charge in [-0.2, -0.15) is 0 Å². The second-order valence-electron chi connectivity index (χ2n) is 28.3. The van der Waals surface area contributed by atoms with Crippen molar-refractivity contribution in [1.29, 1.82) is 0 Å². The van der Waals surface area contributed by atoms with E-state index in [2.05, 4.69) is 0 Å². The second kappa shape index (κ2) is 81.3. The van der Waals surface area contributed by atoms with Gasteiger partial charge in [0, 0.05) is 13.2 Å². The summed E-state index contributed by atoms with van der Waals surface area (Å²) in [5.74, 6) is 7.20. The molecule has 128 heavy (non-hydrogen) atoms. The SMILES string of the molecule is COc1cc(C[C@@H](CCCOCCOCCOCCOCCOCCO)[C@H](COCCOCCOCCOCCOCCO)Cc2cc(OC)c(OC)c(OC)c2)cc(OC)c1OC.COc1cc(C[C@H](CCCOCCOCCOCCOCCOCCO)[C@@H](COCCOCCOCCOCCOCCO)Cc2cc(OC)c(OC)c(OC)c2)cc(OC)c1OC. The number of methoxy groups -OCH3 is 12. The Balaban J connectivity index is 0.000000660. The van der Waals surface area contributed by atoms with Gasteiger partial charge in [0.1, 0.15) is 0 Å². The van der Waals surface area contributed by atoms with E-state index in [9.17, 15) is 0 Å². The third-order valence-electron chi connectivity index (χ3n) is 19.5. The molecule has 0 radical (unpaired) electrons. The van der Waals surface area contributed by atoms with Crippen LogP contribution in [0.15, 0.2) is 48.5 Å². The van der Waals surface area contributed by atoms with Crippen LogP contribution in [0.5, 0.6) is 69.0 Å². The molecule has 4 rings (SSSR count). The molecule has 0 fully saturated rings. The lowest BCUT2D eigenvalue weighted by molar-refractivity contribution is -0.0180. The number of hydrogen-bond donors (Lipinski definition) is 4. The summed E-state index contributed by atoms with van der Waals surface area (Å²) < 4.78 is 181. The minimum absolute atomic E-state index is 0.00226. The summed E-state index contributed by atoms with van der Waals surface area (Å²) in [6, 6.07) is 16.0. The zero-order valence-corrected chi connectivity index (χ0v) is 78.6. The molecule has 0 aromatic heterocycles. The average Bonchev–Trinajstić information content (AvgIpc) is 0.823. The normalized spacial score (nSPS) is 12.3. The molecule has 740 valence electrons. The van der Waals surface area contributed by atoms with Crippen LogP contribution in [0.4, 0.5) is 0 Å². The highest BCUT2D eigenvalue weighted by atomic mass is 16.6. The predicted molar refractivity (Wildman–Crippen MR) is 476 cm³/mol. The Morgan fingerprint density at radius 1 is 0.172 bits per heavy atom. The Morgan fingerprint density at radius 3 is 0.461 bits per heavy atom. The van der Waals surface area contributed by atoms with Crippen LogP contribution in [-0.4, -0.2) is 396 Å². The first-order chi connectivity index (χ1) is 63.0. The number of ether oxygens (including phenoxy) is 32. The quantitative estimate of drug-likeness (QED) is 0.0313. The van der Waals surface area contributed by atoms with Gasteiger partial charge in [0.05, 0.1) is 363 Å². The van der Waals surface area contributed by atoms with Gasteiger partial charge in [-0.15, -0.1) is 0 Å². The first-order valence-electron chi connectivity index (χ1n) is 44.1. The molecule has 4 aromatic rings. The molecule has 0 amide bonds. The maximum atomic E-state index is 8.76. The Kier molecular flexibility index (Phi) is 73.5. The molecule has 36 heteroatoms. The minimum Gasteiger partial charge on any atom is -0.493 e. The van der Waals surface area contributed by atoms with E-state index < -0.39 is 0 Å². The summed E-state index contributed by atoms with van der Waals surface area (Å²) in [6.07, 6.45) is 6.03. The third-order valence-corrected chi connectivity index (χ3v) is 19.5. The Morgan fingerprint density at radius 2 is 0.312 bits per heavy atom. The predicted octanol–water partition coefficient (Wildman–Crippen LogP) is 7.37. The summed E-state index contributed by atoms with van der Waals surface area (Å²) in [5.41, 5.74) is 4.10. The summed E-state index contributed by atoms with van der Waals surface area (Å²) >= 11 is 0. The molecule has 0 saturated heterocycles. The van der Waals surface area contributed by atoms with Crippen molar-refractivity contribution in [1.82, 2.24) is 0 Å². The van der Waals surface area contributed by atoms with Gasteiger partial charge < -0.3 is 172 Å². The zero-order valence-electron chi connectivity index (χ0n) is 78.6.